The molecule has 2 aromatic carbocycles. The predicted octanol–water partition coefficient (Wildman–Crippen LogP) is 4.71. The SMILES string of the molecule is CC(C)CCn1c(=O)c2ccccc2n2c(SCC(=O)NC(C)c3ccc(Cl)cc3)nnc12. The molecule has 0 saturated heterocycles. The van der Waals surface area contributed by atoms with Gasteiger partial charge in [-0.2, -0.15) is 0 Å². The molecule has 1 N–H and O–H groups in total. The van der Waals surface area contributed by atoms with E-state index in [0.29, 0.717) is 33.8 Å². The second-order valence-corrected chi connectivity index (χ2v) is 9.78. The van der Waals surface area contributed by atoms with Crippen LogP contribution in [0.3, 0.4) is 0 Å². The van der Waals surface area contributed by atoms with Gasteiger partial charge in [-0.25, -0.2) is 0 Å². The average molecular weight is 484 g/mol. The van der Waals surface area contributed by atoms with Crippen LogP contribution in [-0.2, 0) is 11.3 Å². The molecular formula is C24H26ClN5O2S. The summed E-state index contributed by atoms with van der Waals surface area (Å²) in [6.45, 7) is 6.74. The molecular weight excluding hydrogens is 458 g/mol. The smallest absolute Gasteiger partial charge is 0.262 e. The minimum Gasteiger partial charge on any atom is -0.349 e. The lowest BCUT2D eigenvalue weighted by Crippen LogP contribution is -2.28. The Morgan fingerprint density at radius 1 is 1.09 bits per heavy atom. The summed E-state index contributed by atoms with van der Waals surface area (Å²) >= 11 is 7.25. The molecule has 0 bridgehead atoms. The van der Waals surface area contributed by atoms with Gasteiger partial charge in [0.15, 0.2) is 5.16 Å². The second-order valence-electron chi connectivity index (χ2n) is 8.40. The molecule has 2 heterocycles. The van der Waals surface area contributed by atoms with Gasteiger partial charge in [-0.1, -0.05) is 61.5 Å². The lowest BCUT2D eigenvalue weighted by atomic mass is 10.1. The number of nitrogens with zero attached hydrogens (tertiary/aromatic N) is 4. The highest BCUT2D eigenvalue weighted by Gasteiger charge is 2.18. The summed E-state index contributed by atoms with van der Waals surface area (Å²) in [4.78, 5) is 25.7. The van der Waals surface area contributed by atoms with Crippen LogP contribution in [0.1, 0.15) is 38.8 Å². The lowest BCUT2D eigenvalue weighted by Gasteiger charge is -2.14. The van der Waals surface area contributed by atoms with Crippen molar-refractivity contribution in [1.29, 1.82) is 0 Å². The Balaban J connectivity index is 1.59. The van der Waals surface area contributed by atoms with Crippen LogP contribution in [0.5, 0.6) is 0 Å². The summed E-state index contributed by atoms with van der Waals surface area (Å²) in [5, 5.41) is 13.5. The maximum Gasteiger partial charge on any atom is 0.262 e. The van der Waals surface area contributed by atoms with Crippen molar-refractivity contribution in [3.8, 4) is 0 Å². The van der Waals surface area contributed by atoms with E-state index >= 15 is 0 Å². The first-order valence-electron chi connectivity index (χ1n) is 10.9. The van der Waals surface area contributed by atoms with E-state index in [1.807, 2.05) is 47.7 Å². The Bertz CT molecular complexity index is 1350. The summed E-state index contributed by atoms with van der Waals surface area (Å²) in [5.41, 5.74) is 1.64. The fraction of sp³-hybridized carbons (Fsp3) is 0.333. The molecule has 0 aliphatic heterocycles. The summed E-state index contributed by atoms with van der Waals surface area (Å²) in [7, 11) is 0. The van der Waals surface area contributed by atoms with E-state index in [1.165, 1.54) is 11.8 Å². The molecule has 0 saturated carbocycles. The van der Waals surface area contributed by atoms with Gasteiger partial charge in [0, 0.05) is 11.6 Å². The van der Waals surface area contributed by atoms with Gasteiger partial charge in [0.05, 0.1) is 22.7 Å². The minimum atomic E-state index is -0.146. The molecule has 0 radical (unpaired) electrons. The van der Waals surface area contributed by atoms with E-state index in [1.54, 1.807) is 16.7 Å². The molecule has 0 fully saturated rings. The highest BCUT2D eigenvalue weighted by molar-refractivity contribution is 7.99. The van der Waals surface area contributed by atoms with Crippen LogP contribution >= 0.6 is 23.4 Å². The molecule has 7 nitrogen and oxygen atoms in total. The maximum atomic E-state index is 13.1. The van der Waals surface area contributed by atoms with Gasteiger partial charge < -0.3 is 5.32 Å². The Morgan fingerprint density at radius 2 is 1.82 bits per heavy atom. The minimum absolute atomic E-state index is 0.0720. The Hall–Kier alpha value is -2.84. The topological polar surface area (TPSA) is 81.3 Å². The third-order valence-electron chi connectivity index (χ3n) is 5.49. The van der Waals surface area contributed by atoms with Gasteiger partial charge in [-0.3, -0.25) is 18.6 Å². The van der Waals surface area contributed by atoms with Gasteiger partial charge >= 0.3 is 0 Å². The van der Waals surface area contributed by atoms with Crippen molar-refractivity contribution in [2.45, 2.75) is 44.9 Å². The number of hydrogen-bond donors (Lipinski definition) is 1. The number of rotatable bonds is 8. The van der Waals surface area contributed by atoms with Gasteiger partial charge in [0.2, 0.25) is 11.7 Å². The zero-order chi connectivity index (χ0) is 23.5. The monoisotopic (exact) mass is 483 g/mol. The number of thioether (sulfide) groups is 1. The van der Waals surface area contributed by atoms with Crippen LogP contribution in [0.4, 0.5) is 0 Å². The Kier molecular flexibility index (Phi) is 7.05. The number of amides is 1. The Morgan fingerprint density at radius 3 is 2.55 bits per heavy atom. The van der Waals surface area contributed by atoms with Crippen LogP contribution in [0.2, 0.25) is 5.02 Å². The van der Waals surface area contributed by atoms with Gasteiger partial charge in [-0.05, 0) is 49.1 Å². The first-order chi connectivity index (χ1) is 15.8. The number of benzene rings is 2. The highest BCUT2D eigenvalue weighted by Crippen LogP contribution is 2.22. The van der Waals surface area contributed by atoms with Crippen molar-refractivity contribution in [3.05, 3.63) is 69.5 Å². The number of aromatic nitrogens is 4. The van der Waals surface area contributed by atoms with Crippen molar-refractivity contribution in [2.75, 3.05) is 5.75 Å². The number of halogens is 1. The number of carbonyl (C=O) groups is 1. The van der Waals surface area contributed by atoms with Crippen molar-refractivity contribution < 1.29 is 4.79 Å². The average Bonchev–Trinajstić information content (AvgIpc) is 3.22. The summed E-state index contributed by atoms with van der Waals surface area (Å²) in [5.74, 6) is 1.01. The molecule has 172 valence electrons. The fourth-order valence-electron chi connectivity index (χ4n) is 3.66. The van der Waals surface area contributed by atoms with E-state index in [9.17, 15) is 9.59 Å². The quantitative estimate of drug-likeness (QED) is 0.367. The number of para-hydroxylation sites is 1. The van der Waals surface area contributed by atoms with Crippen LogP contribution in [0, 0.1) is 5.92 Å². The largest absolute Gasteiger partial charge is 0.349 e. The predicted molar refractivity (Wildman–Crippen MR) is 133 cm³/mol. The third kappa shape index (κ3) is 5.07. The molecule has 0 aliphatic rings. The van der Waals surface area contributed by atoms with Crippen molar-refractivity contribution >= 4 is 46.0 Å². The molecule has 1 unspecified atom stereocenters. The number of carbonyl (C=O) groups excluding carboxylic acids is 1. The molecule has 33 heavy (non-hydrogen) atoms. The van der Waals surface area contributed by atoms with Gasteiger partial charge in [0.1, 0.15) is 0 Å². The van der Waals surface area contributed by atoms with Crippen LogP contribution in [0.15, 0.2) is 58.5 Å². The number of aryl methyl sites for hydroxylation is 1. The second kappa shape index (κ2) is 9.97. The van der Waals surface area contributed by atoms with Gasteiger partial charge in [0.25, 0.3) is 5.56 Å². The highest BCUT2D eigenvalue weighted by atomic mass is 35.5. The first-order valence-corrected chi connectivity index (χ1v) is 12.3. The van der Waals surface area contributed by atoms with Crippen molar-refractivity contribution in [1.82, 2.24) is 24.5 Å². The maximum absolute atomic E-state index is 13.1. The zero-order valence-electron chi connectivity index (χ0n) is 18.8. The molecule has 4 aromatic rings. The standard InChI is InChI=1S/C24H26ClN5O2S/c1-15(2)12-13-29-22(32)19-6-4-5-7-20(19)30-23(29)27-28-24(30)33-14-21(31)26-16(3)17-8-10-18(25)11-9-17/h4-11,15-16H,12-14H2,1-3H3,(H,26,31). The molecule has 4 rings (SSSR count). The van der Waals surface area contributed by atoms with E-state index in [2.05, 4.69) is 29.4 Å². The van der Waals surface area contributed by atoms with Crippen molar-refractivity contribution in [2.24, 2.45) is 5.92 Å². The molecule has 2 aromatic heterocycles. The molecule has 9 heteroatoms. The Labute approximate surface area is 201 Å². The molecule has 0 aliphatic carbocycles. The normalized spacial score (nSPS) is 12.5. The zero-order valence-corrected chi connectivity index (χ0v) is 20.4. The van der Waals surface area contributed by atoms with E-state index in [4.69, 9.17) is 11.6 Å². The number of fused-ring (bicyclic) bond motifs is 3. The summed E-state index contributed by atoms with van der Waals surface area (Å²) in [6.07, 6.45) is 0.855. The molecule has 0 spiro atoms. The summed E-state index contributed by atoms with van der Waals surface area (Å²) < 4.78 is 3.56. The van der Waals surface area contributed by atoms with Crippen LogP contribution < -0.4 is 10.9 Å². The number of nitrogens with one attached hydrogen (secondary N) is 1. The fourth-order valence-corrected chi connectivity index (χ4v) is 4.54. The van der Waals surface area contributed by atoms with E-state index < -0.39 is 0 Å². The van der Waals surface area contributed by atoms with Crippen molar-refractivity contribution in [3.63, 3.8) is 0 Å². The molecule has 1 atom stereocenters. The van der Waals surface area contributed by atoms with E-state index in [-0.39, 0.29) is 23.3 Å². The van der Waals surface area contributed by atoms with E-state index in [0.717, 1.165) is 17.5 Å². The van der Waals surface area contributed by atoms with Crippen LogP contribution in [-0.4, -0.2) is 30.8 Å². The third-order valence-corrected chi connectivity index (χ3v) is 6.67. The first kappa shape index (κ1) is 23.3. The van der Waals surface area contributed by atoms with Crippen LogP contribution in [0.25, 0.3) is 16.7 Å². The summed E-state index contributed by atoms with van der Waals surface area (Å²) in [6, 6.07) is 14.7. The molecule has 1 amide bonds. The lowest BCUT2D eigenvalue weighted by molar-refractivity contribution is -0.119. The number of hydrogen-bond acceptors (Lipinski definition) is 5. The van der Waals surface area contributed by atoms with Gasteiger partial charge in [-0.15, -0.1) is 10.2 Å².